The minimum Gasteiger partial charge on any atom is -0.452 e. The third kappa shape index (κ3) is 2.72. The first kappa shape index (κ1) is 12.9. The number of rotatable bonds is 4. The van der Waals surface area contributed by atoms with Gasteiger partial charge in [0.25, 0.3) is 0 Å². The number of aromatic nitrogens is 1. The highest BCUT2D eigenvalue weighted by molar-refractivity contribution is 5.76. The van der Waals surface area contributed by atoms with E-state index in [1.807, 2.05) is 42.5 Å². The van der Waals surface area contributed by atoms with Gasteiger partial charge in [-0.1, -0.05) is 37.3 Å². The molecule has 1 aliphatic rings. The van der Waals surface area contributed by atoms with Gasteiger partial charge in [0.15, 0.2) is 6.10 Å². The van der Waals surface area contributed by atoms with Crippen molar-refractivity contribution in [1.29, 1.82) is 0 Å². The minimum atomic E-state index is -0.348. The summed E-state index contributed by atoms with van der Waals surface area (Å²) in [7, 11) is 0. The molecule has 102 valence electrons. The summed E-state index contributed by atoms with van der Waals surface area (Å²) in [6.07, 6.45) is 4.04. The molecule has 3 atom stereocenters. The lowest BCUT2D eigenvalue weighted by molar-refractivity contribution is -0.149. The lowest BCUT2D eigenvalue weighted by Gasteiger charge is -2.18. The van der Waals surface area contributed by atoms with Crippen LogP contribution in [0.2, 0.25) is 0 Å². The second-order valence-corrected chi connectivity index (χ2v) is 5.33. The standard InChI is InChI=1S/C17H17NO2/c1-12-11-15(12)17(19)20-16(13-5-3-2-4-6-13)14-7-9-18-10-8-14/h2-10,12,15-16H,11H2,1H3/t12-,15-,16+/m1/s1. The van der Waals surface area contributed by atoms with Crippen LogP contribution in [-0.2, 0) is 9.53 Å². The Hall–Kier alpha value is -2.16. The van der Waals surface area contributed by atoms with Crippen LogP contribution in [-0.4, -0.2) is 11.0 Å². The zero-order chi connectivity index (χ0) is 13.9. The molecule has 0 aliphatic heterocycles. The summed E-state index contributed by atoms with van der Waals surface area (Å²) in [4.78, 5) is 16.2. The van der Waals surface area contributed by atoms with Crippen molar-refractivity contribution in [2.24, 2.45) is 11.8 Å². The van der Waals surface area contributed by atoms with E-state index in [9.17, 15) is 4.79 Å². The second kappa shape index (κ2) is 5.45. The van der Waals surface area contributed by atoms with Crippen molar-refractivity contribution in [2.75, 3.05) is 0 Å². The van der Waals surface area contributed by atoms with Gasteiger partial charge in [-0.2, -0.15) is 0 Å². The van der Waals surface area contributed by atoms with E-state index < -0.39 is 0 Å². The van der Waals surface area contributed by atoms with Gasteiger partial charge >= 0.3 is 5.97 Å². The van der Waals surface area contributed by atoms with Crippen LogP contribution in [0.4, 0.5) is 0 Å². The van der Waals surface area contributed by atoms with Crippen LogP contribution in [0.1, 0.15) is 30.6 Å². The Morgan fingerprint density at radius 1 is 1.15 bits per heavy atom. The summed E-state index contributed by atoms with van der Waals surface area (Å²) in [5, 5.41) is 0. The summed E-state index contributed by atoms with van der Waals surface area (Å²) in [6, 6.07) is 13.6. The van der Waals surface area contributed by atoms with Gasteiger partial charge in [-0.25, -0.2) is 0 Å². The van der Waals surface area contributed by atoms with Gasteiger partial charge in [-0.05, 0) is 30.0 Å². The average molecular weight is 267 g/mol. The van der Waals surface area contributed by atoms with E-state index in [0.717, 1.165) is 17.5 Å². The normalized spacial score (nSPS) is 22.1. The number of nitrogens with zero attached hydrogens (tertiary/aromatic N) is 1. The molecule has 0 bridgehead atoms. The second-order valence-electron chi connectivity index (χ2n) is 5.33. The monoisotopic (exact) mass is 267 g/mol. The number of esters is 1. The smallest absolute Gasteiger partial charge is 0.310 e. The topological polar surface area (TPSA) is 39.2 Å². The van der Waals surface area contributed by atoms with Crippen LogP contribution in [0.15, 0.2) is 54.9 Å². The highest BCUT2D eigenvalue weighted by Crippen LogP contribution is 2.40. The first-order valence-electron chi connectivity index (χ1n) is 6.91. The molecule has 3 rings (SSSR count). The molecular formula is C17H17NO2. The molecular weight excluding hydrogens is 250 g/mol. The van der Waals surface area contributed by atoms with Crippen LogP contribution in [0.3, 0.4) is 0 Å². The van der Waals surface area contributed by atoms with Gasteiger partial charge in [0.1, 0.15) is 0 Å². The van der Waals surface area contributed by atoms with Crippen molar-refractivity contribution in [3.63, 3.8) is 0 Å². The Labute approximate surface area is 118 Å². The van der Waals surface area contributed by atoms with E-state index in [0.29, 0.717) is 5.92 Å². The molecule has 0 unspecified atom stereocenters. The Morgan fingerprint density at radius 3 is 2.35 bits per heavy atom. The Bertz CT molecular complexity index is 543. The molecule has 0 amide bonds. The molecule has 1 aliphatic carbocycles. The van der Waals surface area contributed by atoms with Crippen LogP contribution in [0.25, 0.3) is 0 Å². The summed E-state index contributed by atoms with van der Waals surface area (Å²) in [5.41, 5.74) is 1.94. The van der Waals surface area contributed by atoms with Gasteiger partial charge in [0, 0.05) is 18.0 Å². The SMILES string of the molecule is C[C@@H]1C[C@H]1C(=O)O[C@@H](c1ccccc1)c1ccncc1. The Kier molecular flexibility index (Phi) is 3.50. The zero-order valence-electron chi connectivity index (χ0n) is 11.4. The van der Waals surface area contributed by atoms with Gasteiger partial charge in [-0.15, -0.1) is 0 Å². The number of carbonyl (C=O) groups excluding carboxylic acids is 1. The molecule has 0 saturated heterocycles. The van der Waals surface area contributed by atoms with Gasteiger partial charge in [0.05, 0.1) is 5.92 Å². The number of ether oxygens (including phenoxy) is 1. The molecule has 0 N–H and O–H groups in total. The number of benzene rings is 1. The molecule has 2 aromatic rings. The highest BCUT2D eigenvalue weighted by atomic mass is 16.5. The zero-order valence-corrected chi connectivity index (χ0v) is 11.4. The number of pyridine rings is 1. The van der Waals surface area contributed by atoms with Gasteiger partial charge in [-0.3, -0.25) is 9.78 Å². The van der Waals surface area contributed by atoms with Crippen molar-refractivity contribution >= 4 is 5.97 Å². The lowest BCUT2D eigenvalue weighted by Crippen LogP contribution is -2.14. The summed E-state index contributed by atoms with van der Waals surface area (Å²) < 4.78 is 5.75. The van der Waals surface area contributed by atoms with E-state index in [1.54, 1.807) is 12.4 Å². The summed E-state index contributed by atoms with van der Waals surface area (Å²) in [5.74, 6) is 0.433. The largest absolute Gasteiger partial charge is 0.452 e. The first-order chi connectivity index (χ1) is 9.75. The van der Waals surface area contributed by atoms with Crippen molar-refractivity contribution < 1.29 is 9.53 Å². The predicted octanol–water partition coefficient (Wildman–Crippen LogP) is 3.37. The number of carbonyl (C=O) groups is 1. The molecule has 1 fully saturated rings. The lowest BCUT2D eigenvalue weighted by atomic mass is 10.0. The third-order valence-corrected chi connectivity index (χ3v) is 3.76. The van der Waals surface area contributed by atoms with Crippen LogP contribution >= 0.6 is 0 Å². The maximum absolute atomic E-state index is 12.1. The molecule has 0 radical (unpaired) electrons. The van der Waals surface area contributed by atoms with E-state index in [1.165, 1.54) is 0 Å². The quantitative estimate of drug-likeness (QED) is 0.797. The minimum absolute atomic E-state index is 0.0723. The maximum atomic E-state index is 12.1. The molecule has 20 heavy (non-hydrogen) atoms. The van der Waals surface area contributed by atoms with E-state index >= 15 is 0 Å². The number of hydrogen-bond acceptors (Lipinski definition) is 3. The average Bonchev–Trinajstić information content (AvgIpc) is 3.23. The van der Waals surface area contributed by atoms with E-state index in [-0.39, 0.29) is 18.0 Å². The summed E-state index contributed by atoms with van der Waals surface area (Å²) >= 11 is 0. The number of hydrogen-bond donors (Lipinski definition) is 0. The predicted molar refractivity (Wildman–Crippen MR) is 75.9 cm³/mol. The highest BCUT2D eigenvalue weighted by Gasteiger charge is 2.41. The van der Waals surface area contributed by atoms with E-state index in [4.69, 9.17) is 4.74 Å². The van der Waals surface area contributed by atoms with Crippen LogP contribution in [0.5, 0.6) is 0 Å². The van der Waals surface area contributed by atoms with Crippen molar-refractivity contribution in [3.05, 3.63) is 66.0 Å². The fourth-order valence-electron chi connectivity index (χ4n) is 2.35. The third-order valence-electron chi connectivity index (χ3n) is 3.76. The van der Waals surface area contributed by atoms with Crippen molar-refractivity contribution in [1.82, 2.24) is 4.98 Å². The molecule has 1 aromatic heterocycles. The maximum Gasteiger partial charge on any atom is 0.310 e. The molecule has 3 nitrogen and oxygen atoms in total. The molecule has 1 heterocycles. The molecule has 1 saturated carbocycles. The fraction of sp³-hybridized carbons (Fsp3) is 0.294. The summed E-state index contributed by atoms with van der Waals surface area (Å²) in [6.45, 7) is 2.08. The molecule has 3 heteroatoms. The van der Waals surface area contributed by atoms with Crippen molar-refractivity contribution in [2.45, 2.75) is 19.4 Å². The Morgan fingerprint density at radius 2 is 1.75 bits per heavy atom. The van der Waals surface area contributed by atoms with Gasteiger partial charge in [0.2, 0.25) is 0 Å². The van der Waals surface area contributed by atoms with Crippen molar-refractivity contribution in [3.8, 4) is 0 Å². The van der Waals surface area contributed by atoms with Crippen LogP contribution in [0, 0.1) is 11.8 Å². The fourth-order valence-corrected chi connectivity index (χ4v) is 2.35. The molecule has 0 spiro atoms. The first-order valence-corrected chi connectivity index (χ1v) is 6.91. The van der Waals surface area contributed by atoms with E-state index in [2.05, 4.69) is 11.9 Å². The Balaban J connectivity index is 1.86. The van der Waals surface area contributed by atoms with Crippen LogP contribution < -0.4 is 0 Å². The molecule has 1 aromatic carbocycles. The van der Waals surface area contributed by atoms with Gasteiger partial charge < -0.3 is 4.74 Å².